The van der Waals surface area contributed by atoms with Gasteiger partial charge >= 0.3 is 0 Å². The Bertz CT molecular complexity index is 568. The number of benzene rings is 1. The molecule has 1 aromatic carbocycles. The van der Waals surface area contributed by atoms with Crippen molar-refractivity contribution < 1.29 is 9.47 Å². The standard InChI is InChI=1S/C18H27N3O2/c1-15(2)13-23-17-6-5-16(11-18(17)22-3)12-19-7-4-9-21-10-8-20-14-21/h5-6,8,10-11,14-15,19H,4,7,9,12-13H2,1-3H3. The number of ether oxygens (including phenoxy) is 2. The lowest BCUT2D eigenvalue weighted by Crippen LogP contribution is -2.16. The third-order valence-electron chi connectivity index (χ3n) is 3.46. The molecular weight excluding hydrogens is 290 g/mol. The van der Waals surface area contributed by atoms with Crippen molar-refractivity contribution in [1.29, 1.82) is 0 Å². The molecule has 0 unspecified atom stereocenters. The largest absolute Gasteiger partial charge is 0.493 e. The van der Waals surface area contributed by atoms with E-state index in [2.05, 4.69) is 34.8 Å². The molecule has 1 aromatic heterocycles. The number of nitrogens with one attached hydrogen (secondary N) is 1. The first-order valence-corrected chi connectivity index (χ1v) is 8.15. The zero-order chi connectivity index (χ0) is 16.5. The monoisotopic (exact) mass is 317 g/mol. The smallest absolute Gasteiger partial charge is 0.161 e. The fourth-order valence-electron chi connectivity index (χ4n) is 2.24. The van der Waals surface area contributed by atoms with Crippen LogP contribution in [0.1, 0.15) is 25.8 Å². The third-order valence-corrected chi connectivity index (χ3v) is 3.46. The molecule has 23 heavy (non-hydrogen) atoms. The van der Waals surface area contributed by atoms with E-state index in [1.165, 1.54) is 5.56 Å². The molecule has 5 heteroatoms. The highest BCUT2D eigenvalue weighted by atomic mass is 16.5. The summed E-state index contributed by atoms with van der Waals surface area (Å²) in [6, 6.07) is 6.11. The molecule has 0 aliphatic carbocycles. The maximum atomic E-state index is 5.77. The van der Waals surface area contributed by atoms with E-state index in [4.69, 9.17) is 9.47 Å². The fraction of sp³-hybridized carbons (Fsp3) is 0.500. The Kier molecular flexibility index (Phi) is 6.94. The van der Waals surface area contributed by atoms with Gasteiger partial charge in [-0.1, -0.05) is 19.9 Å². The molecule has 0 saturated heterocycles. The van der Waals surface area contributed by atoms with Crippen molar-refractivity contribution in [3.05, 3.63) is 42.5 Å². The van der Waals surface area contributed by atoms with Crippen LogP contribution in [0.4, 0.5) is 0 Å². The van der Waals surface area contributed by atoms with Crippen LogP contribution in [0.2, 0.25) is 0 Å². The second-order valence-corrected chi connectivity index (χ2v) is 6.02. The lowest BCUT2D eigenvalue weighted by molar-refractivity contribution is 0.256. The van der Waals surface area contributed by atoms with Gasteiger partial charge in [0.25, 0.3) is 0 Å². The number of aromatic nitrogens is 2. The molecule has 5 nitrogen and oxygen atoms in total. The molecule has 0 saturated carbocycles. The Morgan fingerprint density at radius 3 is 2.83 bits per heavy atom. The van der Waals surface area contributed by atoms with E-state index in [-0.39, 0.29) is 0 Å². The summed E-state index contributed by atoms with van der Waals surface area (Å²) in [7, 11) is 1.68. The Hall–Kier alpha value is -2.01. The van der Waals surface area contributed by atoms with Crippen LogP contribution in [0.25, 0.3) is 0 Å². The van der Waals surface area contributed by atoms with Gasteiger partial charge in [-0.15, -0.1) is 0 Å². The highest BCUT2D eigenvalue weighted by Crippen LogP contribution is 2.28. The molecule has 1 N–H and O–H groups in total. The number of hydrogen-bond donors (Lipinski definition) is 1. The maximum Gasteiger partial charge on any atom is 0.161 e. The third kappa shape index (κ3) is 5.94. The summed E-state index contributed by atoms with van der Waals surface area (Å²) in [6.07, 6.45) is 6.72. The van der Waals surface area contributed by atoms with Gasteiger partial charge in [0.1, 0.15) is 0 Å². The molecular formula is C18H27N3O2. The number of imidazole rings is 1. The van der Waals surface area contributed by atoms with Crippen LogP contribution in [0, 0.1) is 5.92 Å². The summed E-state index contributed by atoms with van der Waals surface area (Å²) < 4.78 is 13.3. The molecule has 0 aliphatic rings. The van der Waals surface area contributed by atoms with Crippen LogP contribution in [-0.2, 0) is 13.1 Å². The summed E-state index contributed by atoms with van der Waals surface area (Å²) in [5.74, 6) is 2.10. The van der Waals surface area contributed by atoms with Crippen molar-refractivity contribution in [1.82, 2.24) is 14.9 Å². The van der Waals surface area contributed by atoms with Gasteiger partial charge in [0.15, 0.2) is 11.5 Å². The molecule has 0 radical (unpaired) electrons. The first kappa shape index (κ1) is 17.3. The van der Waals surface area contributed by atoms with E-state index >= 15 is 0 Å². The van der Waals surface area contributed by atoms with Crippen molar-refractivity contribution in [2.45, 2.75) is 33.4 Å². The zero-order valence-electron chi connectivity index (χ0n) is 14.3. The summed E-state index contributed by atoms with van der Waals surface area (Å²) >= 11 is 0. The Balaban J connectivity index is 1.76. The SMILES string of the molecule is COc1cc(CNCCCn2ccnc2)ccc1OCC(C)C. The lowest BCUT2D eigenvalue weighted by Gasteiger charge is -2.14. The number of rotatable bonds is 10. The second kappa shape index (κ2) is 9.20. The van der Waals surface area contributed by atoms with Gasteiger partial charge in [-0.05, 0) is 36.6 Å². The summed E-state index contributed by atoms with van der Waals surface area (Å²) in [6.45, 7) is 7.74. The minimum atomic E-state index is 0.497. The van der Waals surface area contributed by atoms with E-state index in [1.54, 1.807) is 7.11 Å². The molecule has 1 heterocycles. The molecule has 126 valence electrons. The highest BCUT2D eigenvalue weighted by Gasteiger charge is 2.06. The average Bonchev–Trinajstić information content (AvgIpc) is 3.06. The van der Waals surface area contributed by atoms with Gasteiger partial charge in [0.05, 0.1) is 20.0 Å². The molecule has 2 rings (SSSR count). The molecule has 0 fully saturated rings. The second-order valence-electron chi connectivity index (χ2n) is 6.02. The Morgan fingerprint density at radius 2 is 2.13 bits per heavy atom. The minimum absolute atomic E-state index is 0.497. The van der Waals surface area contributed by atoms with Crippen molar-refractivity contribution in [3.63, 3.8) is 0 Å². The predicted octanol–water partition coefficient (Wildman–Crippen LogP) is 3.11. The van der Waals surface area contributed by atoms with E-state index < -0.39 is 0 Å². The number of nitrogens with zero attached hydrogens (tertiary/aromatic N) is 2. The zero-order valence-corrected chi connectivity index (χ0v) is 14.3. The van der Waals surface area contributed by atoms with E-state index in [1.807, 2.05) is 30.9 Å². The van der Waals surface area contributed by atoms with Gasteiger partial charge in [0, 0.05) is 25.5 Å². The lowest BCUT2D eigenvalue weighted by atomic mass is 10.2. The summed E-state index contributed by atoms with van der Waals surface area (Å²) in [5.41, 5.74) is 1.20. The van der Waals surface area contributed by atoms with Crippen LogP contribution in [0.15, 0.2) is 36.9 Å². The Labute approximate surface area is 138 Å². The van der Waals surface area contributed by atoms with Gasteiger partial charge in [-0.2, -0.15) is 0 Å². The van der Waals surface area contributed by atoms with Crippen molar-refractivity contribution in [3.8, 4) is 11.5 Å². The predicted molar refractivity (Wildman–Crippen MR) is 91.9 cm³/mol. The normalized spacial score (nSPS) is 11.0. The van der Waals surface area contributed by atoms with Gasteiger partial charge in [-0.25, -0.2) is 4.98 Å². The maximum absolute atomic E-state index is 5.77. The van der Waals surface area contributed by atoms with Gasteiger partial charge in [-0.3, -0.25) is 0 Å². The molecule has 0 spiro atoms. The van der Waals surface area contributed by atoms with Crippen LogP contribution in [0.3, 0.4) is 0 Å². The first-order valence-electron chi connectivity index (χ1n) is 8.15. The molecule has 0 aliphatic heterocycles. The molecule has 2 aromatic rings. The van der Waals surface area contributed by atoms with Gasteiger partial charge < -0.3 is 19.4 Å². The molecule has 0 amide bonds. The summed E-state index contributed by atoms with van der Waals surface area (Å²) in [5, 5.41) is 3.46. The minimum Gasteiger partial charge on any atom is -0.493 e. The van der Waals surface area contributed by atoms with Gasteiger partial charge in [0.2, 0.25) is 0 Å². The van der Waals surface area contributed by atoms with Crippen LogP contribution in [0.5, 0.6) is 11.5 Å². The van der Waals surface area contributed by atoms with Crippen LogP contribution >= 0.6 is 0 Å². The van der Waals surface area contributed by atoms with Crippen molar-refractivity contribution in [2.75, 3.05) is 20.3 Å². The fourth-order valence-corrected chi connectivity index (χ4v) is 2.24. The Morgan fingerprint density at radius 1 is 1.26 bits per heavy atom. The van der Waals surface area contributed by atoms with E-state index in [0.29, 0.717) is 12.5 Å². The van der Waals surface area contributed by atoms with Crippen molar-refractivity contribution in [2.24, 2.45) is 5.92 Å². The molecule has 0 atom stereocenters. The topological polar surface area (TPSA) is 48.3 Å². The van der Waals surface area contributed by atoms with Crippen molar-refractivity contribution >= 4 is 0 Å². The molecule has 0 bridgehead atoms. The number of aryl methyl sites for hydroxylation is 1. The number of hydrogen-bond acceptors (Lipinski definition) is 4. The first-order chi connectivity index (χ1) is 11.2. The summed E-state index contributed by atoms with van der Waals surface area (Å²) in [4.78, 5) is 4.04. The quantitative estimate of drug-likeness (QED) is 0.684. The van der Waals surface area contributed by atoms with Crippen LogP contribution < -0.4 is 14.8 Å². The van der Waals surface area contributed by atoms with E-state index in [0.717, 1.165) is 37.6 Å². The number of methoxy groups -OCH3 is 1. The van der Waals surface area contributed by atoms with E-state index in [9.17, 15) is 0 Å². The average molecular weight is 317 g/mol. The highest BCUT2D eigenvalue weighted by molar-refractivity contribution is 5.42. The van der Waals surface area contributed by atoms with Crippen LogP contribution in [-0.4, -0.2) is 29.8 Å².